The summed E-state index contributed by atoms with van der Waals surface area (Å²) in [6.07, 6.45) is -2.78. The molecule has 21 heavy (non-hydrogen) atoms. The van der Waals surface area contributed by atoms with Gasteiger partial charge in [-0.05, 0) is 30.9 Å². The van der Waals surface area contributed by atoms with E-state index in [2.05, 4.69) is 0 Å². The van der Waals surface area contributed by atoms with Crippen LogP contribution in [-0.4, -0.2) is 31.4 Å². The lowest BCUT2D eigenvalue weighted by Gasteiger charge is -2.47. The Morgan fingerprint density at radius 1 is 1.19 bits per heavy atom. The monoisotopic (exact) mass is 320 g/mol. The summed E-state index contributed by atoms with van der Waals surface area (Å²) < 4.78 is 64.6. The van der Waals surface area contributed by atoms with Gasteiger partial charge in [0.2, 0.25) is 10.0 Å². The molecule has 116 valence electrons. The van der Waals surface area contributed by atoms with Crippen molar-refractivity contribution in [1.29, 1.82) is 0 Å². The summed E-state index contributed by atoms with van der Waals surface area (Å²) in [6, 6.07) is 4.24. The molecule has 0 atom stereocenters. The number of halogens is 3. The van der Waals surface area contributed by atoms with E-state index in [1.165, 1.54) is 12.1 Å². The fourth-order valence-corrected chi connectivity index (χ4v) is 4.57. The molecule has 2 fully saturated rings. The predicted molar refractivity (Wildman–Crippen MR) is 69.8 cm³/mol. The Balaban J connectivity index is 1.90. The Hall–Kier alpha value is -1.12. The van der Waals surface area contributed by atoms with Crippen molar-refractivity contribution in [2.75, 3.05) is 13.1 Å². The molecule has 0 radical (unpaired) electrons. The van der Waals surface area contributed by atoms with Crippen molar-refractivity contribution in [3.63, 3.8) is 0 Å². The molecule has 1 aliphatic heterocycles. The van der Waals surface area contributed by atoms with Gasteiger partial charge in [-0.3, -0.25) is 0 Å². The highest BCUT2D eigenvalue weighted by atomic mass is 32.2. The Kier molecular flexibility index (Phi) is 3.13. The van der Waals surface area contributed by atoms with Crippen LogP contribution in [0.25, 0.3) is 0 Å². The van der Waals surface area contributed by atoms with Crippen LogP contribution in [0.5, 0.6) is 0 Å². The van der Waals surface area contributed by atoms with Crippen molar-refractivity contribution in [2.24, 2.45) is 11.7 Å². The standard InChI is InChI=1S/C13H15F3N2O2S/c14-13(15,16)10-3-1-2-4-11(10)21(19,20)18-7-12(17,8-18)9-5-6-9/h1-4,9H,5-8,17H2. The van der Waals surface area contributed by atoms with Crippen molar-refractivity contribution in [3.05, 3.63) is 29.8 Å². The highest BCUT2D eigenvalue weighted by Crippen LogP contribution is 2.45. The summed E-state index contributed by atoms with van der Waals surface area (Å²) in [5.41, 5.74) is 4.37. The lowest BCUT2D eigenvalue weighted by atomic mass is 9.88. The summed E-state index contributed by atoms with van der Waals surface area (Å²) in [5, 5.41) is 0. The van der Waals surface area contributed by atoms with E-state index in [0.717, 1.165) is 29.3 Å². The lowest BCUT2D eigenvalue weighted by Crippen LogP contribution is -2.69. The van der Waals surface area contributed by atoms with Crippen molar-refractivity contribution in [2.45, 2.75) is 29.5 Å². The average Bonchev–Trinajstić information content (AvgIpc) is 3.18. The summed E-state index contributed by atoms with van der Waals surface area (Å²) in [6.45, 7) is 0.179. The molecular weight excluding hydrogens is 305 g/mol. The third kappa shape index (κ3) is 2.45. The topological polar surface area (TPSA) is 63.4 Å². The van der Waals surface area contributed by atoms with Crippen molar-refractivity contribution >= 4 is 10.0 Å². The van der Waals surface area contributed by atoms with Gasteiger partial charge in [-0.2, -0.15) is 17.5 Å². The Morgan fingerprint density at radius 3 is 2.29 bits per heavy atom. The number of rotatable bonds is 3. The molecule has 0 bridgehead atoms. The molecule has 8 heteroatoms. The van der Waals surface area contributed by atoms with E-state index >= 15 is 0 Å². The van der Waals surface area contributed by atoms with Gasteiger partial charge >= 0.3 is 6.18 Å². The van der Waals surface area contributed by atoms with E-state index in [9.17, 15) is 21.6 Å². The average molecular weight is 320 g/mol. The molecule has 1 heterocycles. The number of benzene rings is 1. The highest BCUT2D eigenvalue weighted by Gasteiger charge is 2.54. The number of nitrogens with zero attached hydrogens (tertiary/aromatic N) is 1. The van der Waals surface area contributed by atoms with Gasteiger partial charge in [-0.15, -0.1) is 0 Å². The van der Waals surface area contributed by atoms with Crippen LogP contribution in [0.2, 0.25) is 0 Å². The fraction of sp³-hybridized carbons (Fsp3) is 0.538. The van der Waals surface area contributed by atoms with Crippen LogP contribution < -0.4 is 5.73 Å². The van der Waals surface area contributed by atoms with Crippen LogP contribution in [-0.2, 0) is 16.2 Å². The van der Waals surface area contributed by atoms with Crippen LogP contribution in [0, 0.1) is 5.92 Å². The number of alkyl halides is 3. The van der Waals surface area contributed by atoms with E-state index < -0.39 is 32.2 Å². The van der Waals surface area contributed by atoms with Crippen LogP contribution >= 0.6 is 0 Å². The molecular formula is C13H15F3N2O2S. The second kappa shape index (κ2) is 4.44. The summed E-state index contributed by atoms with van der Waals surface area (Å²) >= 11 is 0. The van der Waals surface area contributed by atoms with Gasteiger partial charge in [0.1, 0.15) is 0 Å². The van der Waals surface area contributed by atoms with E-state index in [0.29, 0.717) is 5.92 Å². The molecule has 1 saturated heterocycles. The molecule has 2 aliphatic rings. The number of hydrogen-bond donors (Lipinski definition) is 1. The zero-order valence-electron chi connectivity index (χ0n) is 11.1. The summed E-state index contributed by atoms with van der Waals surface area (Å²) in [7, 11) is -4.16. The Bertz CT molecular complexity index is 662. The van der Waals surface area contributed by atoms with Gasteiger partial charge < -0.3 is 5.73 Å². The van der Waals surface area contributed by atoms with Crippen LogP contribution in [0.4, 0.5) is 13.2 Å². The molecule has 4 nitrogen and oxygen atoms in total. The molecule has 0 unspecified atom stereocenters. The van der Waals surface area contributed by atoms with Gasteiger partial charge in [-0.1, -0.05) is 12.1 Å². The fourth-order valence-electron chi connectivity index (χ4n) is 2.76. The van der Waals surface area contributed by atoms with Crippen molar-refractivity contribution in [3.8, 4) is 0 Å². The van der Waals surface area contributed by atoms with E-state index in [4.69, 9.17) is 5.73 Å². The second-order valence-corrected chi connectivity index (χ2v) is 7.68. The predicted octanol–water partition coefficient (Wildman–Crippen LogP) is 1.82. The molecule has 3 rings (SSSR count). The molecule has 1 saturated carbocycles. The van der Waals surface area contributed by atoms with Gasteiger partial charge in [-0.25, -0.2) is 8.42 Å². The van der Waals surface area contributed by atoms with Crippen LogP contribution in [0.3, 0.4) is 0 Å². The lowest BCUT2D eigenvalue weighted by molar-refractivity contribution is -0.139. The second-order valence-electron chi connectivity index (χ2n) is 5.77. The normalized spacial score (nSPS) is 22.9. The number of nitrogens with two attached hydrogens (primary N) is 1. The molecule has 0 spiro atoms. The van der Waals surface area contributed by atoms with Crippen molar-refractivity contribution in [1.82, 2.24) is 4.31 Å². The van der Waals surface area contributed by atoms with Gasteiger partial charge in [0.15, 0.2) is 0 Å². The van der Waals surface area contributed by atoms with Crippen LogP contribution in [0.1, 0.15) is 18.4 Å². The largest absolute Gasteiger partial charge is 0.417 e. The smallest absolute Gasteiger partial charge is 0.323 e. The van der Waals surface area contributed by atoms with Gasteiger partial charge in [0.05, 0.1) is 10.5 Å². The number of hydrogen-bond acceptors (Lipinski definition) is 3. The zero-order chi connectivity index (χ0) is 15.5. The molecule has 0 aromatic heterocycles. The van der Waals surface area contributed by atoms with E-state index in [1.807, 2.05) is 0 Å². The summed E-state index contributed by atoms with van der Waals surface area (Å²) in [4.78, 5) is -0.699. The van der Waals surface area contributed by atoms with Crippen LogP contribution in [0.15, 0.2) is 29.2 Å². The number of sulfonamides is 1. The maximum atomic E-state index is 12.9. The van der Waals surface area contributed by atoms with E-state index in [-0.39, 0.29) is 13.1 Å². The Labute approximate surface area is 120 Å². The first-order valence-corrected chi connectivity index (χ1v) is 8.04. The first kappa shape index (κ1) is 14.8. The molecule has 1 aromatic rings. The zero-order valence-corrected chi connectivity index (χ0v) is 11.9. The minimum atomic E-state index is -4.70. The highest BCUT2D eigenvalue weighted by molar-refractivity contribution is 7.89. The summed E-state index contributed by atoms with van der Waals surface area (Å²) in [5.74, 6) is 0.293. The van der Waals surface area contributed by atoms with Gasteiger partial charge in [0.25, 0.3) is 0 Å². The molecule has 1 aromatic carbocycles. The maximum Gasteiger partial charge on any atom is 0.417 e. The van der Waals surface area contributed by atoms with E-state index in [1.54, 1.807) is 0 Å². The first-order valence-electron chi connectivity index (χ1n) is 6.60. The molecule has 0 amide bonds. The minimum absolute atomic E-state index is 0.0895. The first-order chi connectivity index (χ1) is 9.64. The van der Waals surface area contributed by atoms with Crippen molar-refractivity contribution < 1.29 is 21.6 Å². The van der Waals surface area contributed by atoms with Gasteiger partial charge in [0, 0.05) is 18.6 Å². The SMILES string of the molecule is NC1(C2CC2)CN(S(=O)(=O)c2ccccc2C(F)(F)F)C1. The molecule has 1 aliphatic carbocycles. The Morgan fingerprint density at radius 2 is 1.76 bits per heavy atom. The molecule has 2 N–H and O–H groups in total. The minimum Gasteiger partial charge on any atom is -0.323 e. The third-order valence-corrected chi connectivity index (χ3v) is 5.99. The third-order valence-electron chi connectivity index (χ3n) is 4.14. The quantitative estimate of drug-likeness (QED) is 0.924. The maximum absolute atomic E-state index is 12.9.